The molecule has 128 valence electrons. The van der Waals surface area contributed by atoms with Crippen LogP contribution in [0.15, 0.2) is 24.3 Å². The lowest BCUT2D eigenvalue weighted by molar-refractivity contribution is 0.0916. The van der Waals surface area contributed by atoms with Crippen molar-refractivity contribution in [2.75, 3.05) is 19.6 Å². The van der Waals surface area contributed by atoms with E-state index in [9.17, 15) is 9.18 Å². The van der Waals surface area contributed by atoms with E-state index >= 15 is 0 Å². The number of aromatic nitrogens is 3. The predicted molar refractivity (Wildman–Crippen MR) is 88.6 cm³/mol. The second-order valence-corrected chi connectivity index (χ2v) is 6.66. The molecule has 0 radical (unpaired) electrons. The number of halogens is 1. The lowest BCUT2D eigenvalue weighted by Crippen LogP contribution is -2.43. The first-order chi connectivity index (χ1) is 11.5. The van der Waals surface area contributed by atoms with Gasteiger partial charge in [-0.05, 0) is 62.5 Å². The highest BCUT2D eigenvalue weighted by Gasteiger charge is 2.28. The van der Waals surface area contributed by atoms with Crippen molar-refractivity contribution >= 4 is 5.91 Å². The van der Waals surface area contributed by atoms with E-state index in [-0.39, 0.29) is 17.1 Å². The quantitative estimate of drug-likeness (QED) is 0.897. The fraction of sp³-hybridized carbons (Fsp3) is 0.471. The molecule has 3 rings (SSSR count). The maximum absolute atomic E-state index is 13.0. The van der Waals surface area contributed by atoms with Crippen LogP contribution in [0.2, 0.25) is 0 Å². The summed E-state index contributed by atoms with van der Waals surface area (Å²) in [4.78, 5) is 12.4. The summed E-state index contributed by atoms with van der Waals surface area (Å²) in [6.07, 6.45) is 2.07. The minimum Gasteiger partial charge on any atom is -0.350 e. The van der Waals surface area contributed by atoms with Gasteiger partial charge in [0.05, 0.1) is 11.4 Å². The maximum atomic E-state index is 13.0. The average Bonchev–Trinajstić information content (AvgIpc) is 2.96. The van der Waals surface area contributed by atoms with Crippen LogP contribution in [0.5, 0.6) is 0 Å². The molecule has 1 amide bonds. The second-order valence-electron chi connectivity index (χ2n) is 6.66. The SMILES string of the molecule is Cc1c(C(=O)NCC2(C)CCNCC2)nnn1-c1ccc(F)cc1. The van der Waals surface area contributed by atoms with Gasteiger partial charge in [-0.25, -0.2) is 9.07 Å². The van der Waals surface area contributed by atoms with Crippen LogP contribution in [-0.2, 0) is 0 Å². The molecule has 2 heterocycles. The van der Waals surface area contributed by atoms with Gasteiger partial charge in [-0.15, -0.1) is 5.10 Å². The molecule has 0 saturated carbocycles. The Hall–Kier alpha value is -2.28. The number of hydrogen-bond donors (Lipinski definition) is 2. The summed E-state index contributed by atoms with van der Waals surface area (Å²) < 4.78 is 14.6. The van der Waals surface area contributed by atoms with Crippen LogP contribution in [0.25, 0.3) is 5.69 Å². The van der Waals surface area contributed by atoms with Gasteiger partial charge in [0.15, 0.2) is 5.69 Å². The molecule has 7 heteroatoms. The van der Waals surface area contributed by atoms with Gasteiger partial charge >= 0.3 is 0 Å². The Morgan fingerprint density at radius 2 is 2.00 bits per heavy atom. The number of piperidine rings is 1. The van der Waals surface area contributed by atoms with Crippen LogP contribution < -0.4 is 10.6 Å². The Bertz CT molecular complexity index is 719. The molecule has 1 saturated heterocycles. The summed E-state index contributed by atoms with van der Waals surface area (Å²) in [7, 11) is 0. The summed E-state index contributed by atoms with van der Waals surface area (Å²) in [5, 5.41) is 14.3. The first-order valence-corrected chi connectivity index (χ1v) is 8.16. The van der Waals surface area contributed by atoms with Gasteiger partial charge in [0.1, 0.15) is 5.82 Å². The summed E-state index contributed by atoms with van der Waals surface area (Å²) in [5.41, 5.74) is 1.72. The zero-order chi connectivity index (χ0) is 17.2. The van der Waals surface area contributed by atoms with Gasteiger partial charge in [-0.2, -0.15) is 0 Å². The van der Waals surface area contributed by atoms with Gasteiger partial charge in [0.25, 0.3) is 5.91 Å². The zero-order valence-corrected chi connectivity index (χ0v) is 14.0. The molecule has 6 nitrogen and oxygen atoms in total. The first kappa shape index (κ1) is 16.6. The molecule has 1 aliphatic heterocycles. The molecule has 2 N–H and O–H groups in total. The van der Waals surface area contributed by atoms with Crippen molar-refractivity contribution in [3.63, 3.8) is 0 Å². The van der Waals surface area contributed by atoms with Crippen molar-refractivity contribution in [1.82, 2.24) is 25.6 Å². The summed E-state index contributed by atoms with van der Waals surface area (Å²) >= 11 is 0. The molecule has 2 aromatic rings. The molecule has 0 unspecified atom stereocenters. The van der Waals surface area contributed by atoms with E-state index in [0.717, 1.165) is 25.9 Å². The number of carbonyl (C=O) groups excluding carboxylic acids is 1. The predicted octanol–water partition coefficient (Wildman–Crippen LogP) is 1.83. The van der Waals surface area contributed by atoms with Gasteiger partial charge in [-0.1, -0.05) is 12.1 Å². The Morgan fingerprint density at radius 1 is 1.33 bits per heavy atom. The minimum absolute atomic E-state index is 0.113. The molecule has 0 aliphatic carbocycles. The number of benzene rings is 1. The van der Waals surface area contributed by atoms with Crippen molar-refractivity contribution in [3.05, 3.63) is 41.5 Å². The lowest BCUT2D eigenvalue weighted by Gasteiger charge is -2.34. The van der Waals surface area contributed by atoms with Crippen molar-refractivity contribution in [3.8, 4) is 5.69 Å². The summed E-state index contributed by atoms with van der Waals surface area (Å²) in [6.45, 7) is 6.55. The molecular formula is C17H22FN5O. The van der Waals surface area contributed by atoms with Crippen LogP contribution in [0, 0.1) is 18.2 Å². The fourth-order valence-electron chi connectivity index (χ4n) is 2.95. The Balaban J connectivity index is 1.70. The second kappa shape index (κ2) is 6.68. The van der Waals surface area contributed by atoms with E-state index in [4.69, 9.17) is 0 Å². The molecule has 0 spiro atoms. The number of amides is 1. The molecule has 1 aromatic heterocycles. The fourth-order valence-corrected chi connectivity index (χ4v) is 2.95. The number of rotatable bonds is 4. The largest absolute Gasteiger partial charge is 0.350 e. The van der Waals surface area contributed by atoms with Crippen molar-refractivity contribution < 1.29 is 9.18 Å². The van der Waals surface area contributed by atoms with Crippen LogP contribution in [0.3, 0.4) is 0 Å². The average molecular weight is 331 g/mol. The number of carbonyl (C=O) groups is 1. The van der Waals surface area contributed by atoms with E-state index in [2.05, 4.69) is 27.9 Å². The van der Waals surface area contributed by atoms with Crippen molar-refractivity contribution in [1.29, 1.82) is 0 Å². The topological polar surface area (TPSA) is 71.8 Å². The smallest absolute Gasteiger partial charge is 0.273 e. The van der Waals surface area contributed by atoms with Crippen molar-refractivity contribution in [2.45, 2.75) is 26.7 Å². The van der Waals surface area contributed by atoms with E-state index in [1.165, 1.54) is 12.1 Å². The minimum atomic E-state index is -0.315. The van der Waals surface area contributed by atoms with Crippen LogP contribution in [-0.4, -0.2) is 40.5 Å². The van der Waals surface area contributed by atoms with Crippen LogP contribution in [0.4, 0.5) is 4.39 Å². The zero-order valence-electron chi connectivity index (χ0n) is 14.0. The number of hydrogen-bond acceptors (Lipinski definition) is 4. The van der Waals surface area contributed by atoms with Gasteiger partial charge in [-0.3, -0.25) is 4.79 Å². The third-order valence-corrected chi connectivity index (χ3v) is 4.67. The Kier molecular flexibility index (Phi) is 4.62. The molecule has 24 heavy (non-hydrogen) atoms. The van der Waals surface area contributed by atoms with Gasteiger partial charge < -0.3 is 10.6 Å². The lowest BCUT2D eigenvalue weighted by atomic mass is 9.81. The molecule has 1 aliphatic rings. The molecular weight excluding hydrogens is 309 g/mol. The monoisotopic (exact) mass is 331 g/mol. The van der Waals surface area contributed by atoms with Crippen molar-refractivity contribution in [2.24, 2.45) is 5.41 Å². The normalized spacial score (nSPS) is 16.8. The van der Waals surface area contributed by atoms with Crippen LogP contribution >= 0.6 is 0 Å². The number of nitrogens with one attached hydrogen (secondary N) is 2. The molecule has 1 fully saturated rings. The standard InChI is InChI=1S/C17H22FN5O/c1-12-15(16(24)20-11-17(2)7-9-19-10-8-17)21-22-23(12)14-5-3-13(18)4-6-14/h3-6,19H,7-11H2,1-2H3,(H,20,24). The van der Waals surface area contributed by atoms with Crippen LogP contribution in [0.1, 0.15) is 35.9 Å². The van der Waals surface area contributed by atoms with E-state index in [0.29, 0.717) is 23.6 Å². The highest BCUT2D eigenvalue weighted by atomic mass is 19.1. The Labute approximate surface area is 140 Å². The third kappa shape index (κ3) is 3.46. The van der Waals surface area contributed by atoms with Gasteiger partial charge in [0, 0.05) is 6.54 Å². The van der Waals surface area contributed by atoms with E-state index < -0.39 is 0 Å². The van der Waals surface area contributed by atoms with E-state index in [1.807, 2.05) is 0 Å². The van der Waals surface area contributed by atoms with Gasteiger partial charge in [0.2, 0.25) is 0 Å². The summed E-state index contributed by atoms with van der Waals surface area (Å²) in [5.74, 6) is -0.537. The number of nitrogens with zero attached hydrogens (tertiary/aromatic N) is 3. The third-order valence-electron chi connectivity index (χ3n) is 4.67. The Morgan fingerprint density at radius 3 is 2.67 bits per heavy atom. The van der Waals surface area contributed by atoms with E-state index in [1.54, 1.807) is 23.7 Å². The maximum Gasteiger partial charge on any atom is 0.273 e. The highest BCUT2D eigenvalue weighted by molar-refractivity contribution is 5.93. The molecule has 1 aromatic carbocycles. The highest BCUT2D eigenvalue weighted by Crippen LogP contribution is 2.26. The molecule has 0 atom stereocenters. The molecule has 0 bridgehead atoms. The first-order valence-electron chi connectivity index (χ1n) is 8.16. The summed E-state index contributed by atoms with van der Waals surface area (Å²) in [6, 6.07) is 5.92.